The van der Waals surface area contributed by atoms with Crippen molar-refractivity contribution in [3.8, 4) is 5.75 Å². The van der Waals surface area contributed by atoms with Gasteiger partial charge in [-0.15, -0.1) is 0 Å². The molecule has 1 amide bonds. The van der Waals surface area contributed by atoms with Crippen molar-refractivity contribution < 1.29 is 19.2 Å². The van der Waals surface area contributed by atoms with E-state index in [1.807, 2.05) is 32.9 Å². The average molecular weight is 305 g/mol. The average Bonchev–Trinajstić information content (AvgIpc) is 2.46. The zero-order valence-corrected chi connectivity index (χ0v) is 12.8. The lowest BCUT2D eigenvalue weighted by Crippen LogP contribution is -2.21. The van der Waals surface area contributed by atoms with Crippen LogP contribution in [0.3, 0.4) is 0 Å². The van der Waals surface area contributed by atoms with Gasteiger partial charge in [0, 0.05) is 6.42 Å². The Hall–Kier alpha value is -2.34. The SMILES string of the molecule is Cc1ccc2oc(=O)c(CCC(=O)NO)c(OC(C)C)c2c1. The van der Waals surface area contributed by atoms with Crippen LogP contribution in [0.25, 0.3) is 11.0 Å². The highest BCUT2D eigenvalue weighted by molar-refractivity contribution is 5.85. The molecule has 0 atom stereocenters. The number of fused-ring (bicyclic) bond motifs is 1. The van der Waals surface area contributed by atoms with E-state index in [1.54, 1.807) is 11.5 Å². The molecule has 0 aliphatic heterocycles. The molecule has 0 radical (unpaired) electrons. The van der Waals surface area contributed by atoms with Gasteiger partial charge in [-0.3, -0.25) is 10.0 Å². The van der Waals surface area contributed by atoms with Gasteiger partial charge in [-0.1, -0.05) is 11.6 Å². The van der Waals surface area contributed by atoms with Gasteiger partial charge in [-0.05, 0) is 39.3 Å². The number of benzene rings is 1. The van der Waals surface area contributed by atoms with Gasteiger partial charge in [-0.25, -0.2) is 10.3 Å². The van der Waals surface area contributed by atoms with Crippen molar-refractivity contribution in [1.29, 1.82) is 0 Å². The van der Waals surface area contributed by atoms with E-state index in [4.69, 9.17) is 14.4 Å². The zero-order valence-electron chi connectivity index (χ0n) is 12.8. The van der Waals surface area contributed by atoms with Crippen molar-refractivity contribution in [3.05, 3.63) is 39.7 Å². The van der Waals surface area contributed by atoms with Crippen molar-refractivity contribution >= 4 is 16.9 Å². The molecule has 6 heteroatoms. The van der Waals surface area contributed by atoms with Crippen molar-refractivity contribution in [3.63, 3.8) is 0 Å². The fourth-order valence-electron chi connectivity index (χ4n) is 2.21. The van der Waals surface area contributed by atoms with Crippen LogP contribution in [0.2, 0.25) is 0 Å². The summed E-state index contributed by atoms with van der Waals surface area (Å²) in [4.78, 5) is 23.4. The monoisotopic (exact) mass is 305 g/mol. The first-order valence-corrected chi connectivity index (χ1v) is 7.08. The highest BCUT2D eigenvalue weighted by Gasteiger charge is 2.18. The number of hydrogen-bond acceptors (Lipinski definition) is 5. The molecular formula is C16H19NO5. The number of hydrogen-bond donors (Lipinski definition) is 2. The number of hydroxylamine groups is 1. The quantitative estimate of drug-likeness (QED) is 0.503. The Kier molecular flexibility index (Phi) is 4.82. The number of rotatable bonds is 5. The predicted octanol–water partition coefficient (Wildman–Crippen LogP) is 2.33. The van der Waals surface area contributed by atoms with Crippen LogP contribution in [0.4, 0.5) is 0 Å². The molecule has 22 heavy (non-hydrogen) atoms. The maximum atomic E-state index is 12.2. The van der Waals surface area contributed by atoms with Gasteiger partial charge in [0.05, 0.1) is 17.1 Å². The van der Waals surface area contributed by atoms with Crippen LogP contribution < -0.4 is 15.8 Å². The number of amides is 1. The topological polar surface area (TPSA) is 88.8 Å². The molecule has 0 unspecified atom stereocenters. The normalized spacial score (nSPS) is 11.0. The van der Waals surface area contributed by atoms with Crippen LogP contribution in [0.15, 0.2) is 27.4 Å². The highest BCUT2D eigenvalue weighted by atomic mass is 16.5. The fourth-order valence-corrected chi connectivity index (χ4v) is 2.21. The third kappa shape index (κ3) is 3.46. The van der Waals surface area contributed by atoms with Gasteiger partial charge in [-0.2, -0.15) is 0 Å². The van der Waals surface area contributed by atoms with Crippen LogP contribution in [0, 0.1) is 6.92 Å². The molecule has 0 fully saturated rings. The van der Waals surface area contributed by atoms with Gasteiger partial charge >= 0.3 is 5.63 Å². The summed E-state index contributed by atoms with van der Waals surface area (Å²) in [6.07, 6.45) is -0.0378. The number of ether oxygens (including phenoxy) is 1. The highest BCUT2D eigenvalue weighted by Crippen LogP contribution is 2.30. The van der Waals surface area contributed by atoms with E-state index in [2.05, 4.69) is 0 Å². The predicted molar refractivity (Wildman–Crippen MR) is 81.2 cm³/mol. The first-order valence-electron chi connectivity index (χ1n) is 7.08. The second kappa shape index (κ2) is 6.62. The minimum atomic E-state index is -0.570. The van der Waals surface area contributed by atoms with Gasteiger partial charge < -0.3 is 9.15 Å². The summed E-state index contributed by atoms with van der Waals surface area (Å²) in [7, 11) is 0. The van der Waals surface area contributed by atoms with Crippen LogP contribution in [0.1, 0.15) is 31.4 Å². The van der Waals surface area contributed by atoms with Crippen molar-refractivity contribution in [2.75, 3.05) is 0 Å². The van der Waals surface area contributed by atoms with Gasteiger partial charge in [0.15, 0.2) is 0 Å². The summed E-state index contributed by atoms with van der Waals surface area (Å²) < 4.78 is 11.1. The summed E-state index contributed by atoms with van der Waals surface area (Å²) in [5.41, 5.74) is 2.77. The molecule has 0 saturated carbocycles. The van der Waals surface area contributed by atoms with Crippen molar-refractivity contribution in [2.45, 2.75) is 39.7 Å². The maximum absolute atomic E-state index is 12.2. The van der Waals surface area contributed by atoms with E-state index in [0.29, 0.717) is 22.3 Å². The van der Waals surface area contributed by atoms with Gasteiger partial charge in [0.2, 0.25) is 5.91 Å². The van der Waals surface area contributed by atoms with E-state index < -0.39 is 11.5 Å². The van der Waals surface area contributed by atoms with Crippen molar-refractivity contribution in [1.82, 2.24) is 5.48 Å². The summed E-state index contributed by atoms with van der Waals surface area (Å²) in [5.74, 6) is -0.130. The van der Waals surface area contributed by atoms with E-state index >= 15 is 0 Å². The Bertz CT molecular complexity index is 748. The number of carbonyl (C=O) groups is 1. The lowest BCUT2D eigenvalue weighted by molar-refractivity contribution is -0.129. The summed E-state index contributed by atoms with van der Waals surface area (Å²) >= 11 is 0. The van der Waals surface area contributed by atoms with E-state index in [1.165, 1.54) is 0 Å². The lowest BCUT2D eigenvalue weighted by Gasteiger charge is -2.15. The molecule has 2 aromatic rings. The molecule has 1 aromatic carbocycles. The van der Waals surface area contributed by atoms with Gasteiger partial charge in [0.1, 0.15) is 11.3 Å². The molecule has 0 bridgehead atoms. The van der Waals surface area contributed by atoms with Crippen LogP contribution in [-0.4, -0.2) is 17.2 Å². The number of aryl methyl sites for hydroxylation is 1. The third-order valence-electron chi connectivity index (χ3n) is 3.18. The third-order valence-corrected chi connectivity index (χ3v) is 3.18. The molecule has 2 N–H and O–H groups in total. The Balaban J connectivity index is 2.58. The lowest BCUT2D eigenvalue weighted by atomic mass is 10.1. The molecule has 0 aliphatic carbocycles. The van der Waals surface area contributed by atoms with Crippen LogP contribution in [0.5, 0.6) is 5.75 Å². The van der Waals surface area contributed by atoms with Crippen LogP contribution >= 0.6 is 0 Å². The maximum Gasteiger partial charge on any atom is 0.343 e. The molecule has 0 spiro atoms. The summed E-state index contributed by atoms with van der Waals surface area (Å²) in [5, 5.41) is 9.27. The molecule has 6 nitrogen and oxygen atoms in total. The Labute approximate surface area is 127 Å². The van der Waals surface area contributed by atoms with E-state index in [-0.39, 0.29) is 18.9 Å². The smallest absolute Gasteiger partial charge is 0.343 e. The molecule has 1 aromatic heterocycles. The zero-order chi connectivity index (χ0) is 16.3. The number of nitrogens with one attached hydrogen (secondary N) is 1. The fraction of sp³-hybridized carbons (Fsp3) is 0.375. The standard InChI is InChI=1S/C16H19NO5/c1-9(2)21-15-11(5-7-14(18)17-20)16(19)22-13-6-4-10(3)8-12(13)15/h4,6,8-9,20H,5,7H2,1-3H3,(H,17,18). The molecule has 0 saturated heterocycles. The largest absolute Gasteiger partial charge is 0.490 e. The first kappa shape index (κ1) is 16.0. The molecule has 1 heterocycles. The molecule has 118 valence electrons. The summed E-state index contributed by atoms with van der Waals surface area (Å²) in [6, 6.07) is 5.46. The van der Waals surface area contributed by atoms with Crippen molar-refractivity contribution in [2.24, 2.45) is 0 Å². The van der Waals surface area contributed by atoms with Crippen LogP contribution in [-0.2, 0) is 11.2 Å². The molecule has 2 rings (SSSR count). The van der Waals surface area contributed by atoms with E-state index in [9.17, 15) is 9.59 Å². The Morgan fingerprint density at radius 1 is 1.41 bits per heavy atom. The first-order chi connectivity index (χ1) is 10.4. The summed E-state index contributed by atoms with van der Waals surface area (Å²) in [6.45, 7) is 5.66. The van der Waals surface area contributed by atoms with E-state index in [0.717, 1.165) is 5.56 Å². The Morgan fingerprint density at radius 3 is 2.77 bits per heavy atom. The minimum absolute atomic E-state index is 0.0347. The second-order valence-electron chi connectivity index (χ2n) is 5.40. The second-order valence-corrected chi connectivity index (χ2v) is 5.40. The minimum Gasteiger partial charge on any atom is -0.490 e. The Morgan fingerprint density at radius 2 is 2.14 bits per heavy atom. The van der Waals surface area contributed by atoms with Gasteiger partial charge in [0.25, 0.3) is 0 Å². The number of carbonyl (C=O) groups excluding carboxylic acids is 1. The molecule has 0 aliphatic rings. The molecular weight excluding hydrogens is 286 g/mol.